The van der Waals surface area contributed by atoms with Crippen molar-refractivity contribution in [2.75, 3.05) is 121 Å². The van der Waals surface area contributed by atoms with Crippen LogP contribution >= 0.6 is 0 Å². The van der Waals surface area contributed by atoms with Gasteiger partial charge in [0.2, 0.25) is 5.67 Å². The first kappa shape index (κ1) is 83.6. The molecule has 0 spiro atoms. The van der Waals surface area contributed by atoms with E-state index in [1.165, 1.54) is 50.2 Å². The Balaban J connectivity index is 0.000000149. The predicted octanol–water partition coefficient (Wildman–Crippen LogP) is 17.9. The van der Waals surface area contributed by atoms with Gasteiger partial charge < -0.3 is 36.0 Å². The van der Waals surface area contributed by atoms with Crippen LogP contribution in [0.25, 0.3) is 32.7 Å². The molecule has 0 bridgehead atoms. The summed E-state index contributed by atoms with van der Waals surface area (Å²) in [6.07, 6.45) is 7.50. The van der Waals surface area contributed by atoms with Crippen LogP contribution in [-0.2, 0) is 19.3 Å². The minimum atomic E-state index is -3.02. The lowest BCUT2D eigenvalue weighted by Crippen LogP contribution is -2.55. The molecule has 6 aromatic carbocycles. The van der Waals surface area contributed by atoms with Crippen molar-refractivity contribution in [3.63, 3.8) is 0 Å². The summed E-state index contributed by atoms with van der Waals surface area (Å²) in [5, 5.41) is 21.9. The average molecular weight is 1600 g/mol. The summed E-state index contributed by atoms with van der Waals surface area (Å²) in [5.74, 6) is -8.67. The van der Waals surface area contributed by atoms with E-state index in [9.17, 15) is 35.8 Å². The molecule has 614 valence electrons. The quantitative estimate of drug-likeness (QED) is 0.0198. The van der Waals surface area contributed by atoms with Crippen LogP contribution in [0.15, 0.2) is 109 Å². The zero-order valence-electron chi connectivity index (χ0n) is 65.4. The Morgan fingerprint density at radius 3 is 1.09 bits per heavy atom. The number of nitrogens with one attached hydrogen (secondary N) is 6. The first-order chi connectivity index (χ1) is 54.3. The number of aliphatic hydroxyl groups excluding tert-OH is 1. The number of nitrogens with zero attached hydrogens (tertiary/aromatic N) is 6. The monoisotopic (exact) mass is 1600 g/mol. The summed E-state index contributed by atoms with van der Waals surface area (Å²) in [6.45, 7) is 14.4. The largest absolute Gasteiger partial charge is 0.392 e. The summed E-state index contributed by atoms with van der Waals surface area (Å²) in [6, 6.07) is 27.0. The van der Waals surface area contributed by atoms with Crippen molar-refractivity contribution < 1.29 is 66.6 Å². The second-order valence-electron chi connectivity index (χ2n) is 33.0. The Kier molecular flexibility index (Phi) is 25.0. The summed E-state index contributed by atoms with van der Waals surface area (Å²) >= 11 is 0. The van der Waals surface area contributed by atoms with Gasteiger partial charge in [-0.3, -0.25) is 42.6 Å². The summed E-state index contributed by atoms with van der Waals surface area (Å²) < 4.78 is 207. The van der Waals surface area contributed by atoms with E-state index >= 15 is 30.7 Å². The molecule has 6 aliphatic rings. The maximum atomic E-state index is 15.8. The number of aliphatic hydroxyl groups is 1. The lowest BCUT2D eigenvalue weighted by atomic mass is 9.80. The van der Waals surface area contributed by atoms with Gasteiger partial charge in [-0.2, -0.15) is 0 Å². The van der Waals surface area contributed by atoms with Crippen LogP contribution in [0.4, 0.5) is 78.5 Å². The number of alkyl halides is 8. The Morgan fingerprint density at radius 1 is 0.474 bits per heavy atom. The van der Waals surface area contributed by atoms with E-state index < -0.39 is 108 Å². The van der Waals surface area contributed by atoms with E-state index in [1.807, 2.05) is 113 Å². The number of para-hydroxylation sites is 3. The van der Waals surface area contributed by atoms with Gasteiger partial charge in [0.1, 0.15) is 34.9 Å². The van der Waals surface area contributed by atoms with E-state index in [0.29, 0.717) is 132 Å². The Hall–Kier alpha value is -8.36. The van der Waals surface area contributed by atoms with Crippen molar-refractivity contribution in [3.05, 3.63) is 195 Å². The van der Waals surface area contributed by atoms with Gasteiger partial charge in [0.15, 0.2) is 0 Å². The van der Waals surface area contributed by atoms with E-state index in [-0.39, 0.29) is 73.7 Å². The molecule has 3 aromatic heterocycles. The number of H-pyrrole nitrogens is 3. The zero-order chi connectivity index (χ0) is 81.5. The Labute approximate surface area is 656 Å². The van der Waals surface area contributed by atoms with Gasteiger partial charge in [0.05, 0.1) is 76.0 Å². The maximum Gasteiger partial charge on any atom is 0.260 e. The third kappa shape index (κ3) is 17.5. The molecular weight excluding hydrogens is 1500 g/mol. The van der Waals surface area contributed by atoms with Crippen molar-refractivity contribution in [2.45, 2.75) is 171 Å². The molecule has 6 aliphatic heterocycles. The fraction of sp³-hybridized carbons (Fsp3) is 0.494. The number of aromatic nitrogens is 3. The predicted molar refractivity (Wildman–Crippen MR) is 422 cm³/mol. The number of rotatable bonds is 27. The number of fused-ring (bicyclic) bond motifs is 9. The molecule has 27 heteroatoms. The lowest BCUT2D eigenvalue weighted by molar-refractivity contribution is -0.0743. The van der Waals surface area contributed by atoms with Crippen LogP contribution in [0.2, 0.25) is 0 Å². The van der Waals surface area contributed by atoms with Crippen LogP contribution in [0.5, 0.6) is 0 Å². The van der Waals surface area contributed by atoms with Gasteiger partial charge in [0.25, 0.3) is 11.8 Å². The van der Waals surface area contributed by atoms with Crippen LogP contribution in [0.1, 0.15) is 149 Å². The van der Waals surface area contributed by atoms with Crippen molar-refractivity contribution >= 4 is 49.8 Å². The normalized spacial score (nSPS) is 21.0. The van der Waals surface area contributed by atoms with Gasteiger partial charge in [-0.25, -0.2) is 48.3 Å². The van der Waals surface area contributed by atoms with E-state index in [4.69, 9.17) is 6.42 Å². The molecule has 7 N–H and O–H groups in total. The minimum absolute atomic E-state index is 0.00734. The fourth-order valence-corrected chi connectivity index (χ4v) is 17.7. The van der Waals surface area contributed by atoms with Gasteiger partial charge in [0, 0.05) is 179 Å². The molecule has 114 heavy (non-hydrogen) atoms. The molecule has 3 fully saturated rings. The highest BCUT2D eigenvalue weighted by molar-refractivity contribution is 5.87. The van der Waals surface area contributed by atoms with Gasteiger partial charge in [-0.05, 0) is 144 Å². The van der Waals surface area contributed by atoms with Crippen LogP contribution in [-0.4, -0.2) is 207 Å². The number of anilines is 3. The van der Waals surface area contributed by atoms with Gasteiger partial charge in [-0.15, -0.1) is 6.42 Å². The molecular formula is C87H102F14N12O. The van der Waals surface area contributed by atoms with E-state index in [1.54, 1.807) is 14.7 Å². The molecule has 0 radical (unpaired) electrons. The molecule has 3 saturated heterocycles. The summed E-state index contributed by atoms with van der Waals surface area (Å²) in [5.41, 5.74) is 3.15. The number of hydrogen-bond acceptors (Lipinski definition) is 10. The highest BCUT2D eigenvalue weighted by Gasteiger charge is 2.51. The molecule has 9 heterocycles. The maximum absolute atomic E-state index is 15.8. The smallest absolute Gasteiger partial charge is 0.260 e. The molecule has 13 nitrogen and oxygen atoms in total. The molecule has 0 saturated carbocycles. The third-order valence-corrected chi connectivity index (χ3v) is 23.8. The molecule has 15 rings (SSSR count). The molecule has 9 aromatic rings. The minimum Gasteiger partial charge on any atom is -0.392 e. The number of halogens is 14. The number of aromatic amines is 3. The lowest BCUT2D eigenvalue weighted by Gasteiger charge is -2.49. The summed E-state index contributed by atoms with van der Waals surface area (Å²) in [4.78, 5) is 20.9. The van der Waals surface area contributed by atoms with Crippen LogP contribution in [0.3, 0.4) is 0 Å². The van der Waals surface area contributed by atoms with Crippen molar-refractivity contribution in [1.82, 2.24) is 44.4 Å². The number of terminal acetylenes is 1. The van der Waals surface area contributed by atoms with Gasteiger partial charge >= 0.3 is 0 Å². The standard InChI is InChI=1S/2C29H35F5N4.C29H32F4N4O/c2*1-4-29(33,34)17-38-27(26-21(14-28(38,2)3)20-8-5-6-9-24(20)36-26)25-22(31)12-18(13-23(25)32)35-19-15-37(16-19)11-7-10-30;1-3-29(33,17-38)16-37-18(2)11-22-21-7-4-5-8-25(21)35-27(22)28(37)26-23(31)12-19(13-24(26)32)34-20-14-36(15-20)10-6-9-30/h2*5-6,8-9,12-13,19,27,35-36H,4,7,10-11,14-17H2,1-3H3;1,4-5,7-8,12-13,18,20,28,34-35,38H,6,9-11,14-17H2,2H3/t2*27-;18-,28-,29-/m101/s1. The fourth-order valence-electron chi connectivity index (χ4n) is 17.7. The summed E-state index contributed by atoms with van der Waals surface area (Å²) in [7, 11) is 0. The Morgan fingerprint density at radius 2 is 0.781 bits per heavy atom. The third-order valence-electron chi connectivity index (χ3n) is 23.8. The molecule has 5 atom stereocenters. The van der Waals surface area contributed by atoms with Crippen molar-refractivity contribution in [1.29, 1.82) is 0 Å². The van der Waals surface area contributed by atoms with Crippen LogP contribution < -0.4 is 16.0 Å². The second kappa shape index (κ2) is 34.1. The molecule has 0 amide bonds. The number of likely N-dealkylation sites (tertiary alicyclic amines) is 3. The zero-order valence-corrected chi connectivity index (χ0v) is 65.4. The first-order valence-corrected chi connectivity index (χ1v) is 39.5. The van der Waals surface area contributed by atoms with Crippen LogP contribution in [0, 0.1) is 47.2 Å². The molecule has 0 aliphatic carbocycles. The highest BCUT2D eigenvalue weighted by atomic mass is 19.3. The van der Waals surface area contributed by atoms with E-state index in [2.05, 4.69) is 45.6 Å². The average Bonchev–Trinajstić information content (AvgIpc) is 1.11. The topological polar surface area (TPSA) is 123 Å². The highest BCUT2D eigenvalue weighted by Crippen LogP contribution is 2.51. The Bertz CT molecular complexity index is 4630. The van der Waals surface area contributed by atoms with Crippen molar-refractivity contribution in [3.8, 4) is 12.3 Å². The molecule has 0 unspecified atom stereocenters. The van der Waals surface area contributed by atoms with Gasteiger partial charge in [-0.1, -0.05) is 74.4 Å². The van der Waals surface area contributed by atoms with Crippen molar-refractivity contribution in [2.24, 2.45) is 0 Å². The first-order valence-electron chi connectivity index (χ1n) is 39.5. The second-order valence-corrected chi connectivity index (χ2v) is 33.0. The van der Waals surface area contributed by atoms with E-state index in [0.717, 1.165) is 49.4 Å². The number of benzene rings is 6. The number of hydrogen-bond donors (Lipinski definition) is 7. The SMILES string of the molecule is C#C[C@](F)(CO)CN1[C@H](c2c(F)cc(NC3CN(CCCF)C3)cc2F)c2[nH]c3ccccc3c2C[C@H]1C.CCC(F)(F)CN1[C@@H](c2c(F)cc(NC3CN(CCCF)C3)cc2F)c2[nH]c3ccccc3c2CC1(C)C.CCC(F)(F)CN1[C@H](c2c(F)cc(NC3CN(CCCF)C3)cc2F)c2[nH]c3ccccc3c2CC1(C)C.